The molecule has 200 valence electrons. The van der Waals surface area contributed by atoms with Gasteiger partial charge in [-0.1, -0.05) is 30.3 Å². The van der Waals surface area contributed by atoms with Crippen LogP contribution in [0, 0.1) is 28.9 Å². The van der Waals surface area contributed by atoms with E-state index < -0.39 is 41.2 Å². The molecule has 0 radical (unpaired) electrons. The third kappa shape index (κ3) is 6.89. The van der Waals surface area contributed by atoms with Crippen molar-refractivity contribution in [1.82, 2.24) is 4.98 Å². The minimum absolute atomic E-state index is 0.0630. The fourth-order valence-corrected chi connectivity index (χ4v) is 4.03. The van der Waals surface area contributed by atoms with Crippen LogP contribution in [0.1, 0.15) is 24.5 Å². The summed E-state index contributed by atoms with van der Waals surface area (Å²) >= 11 is 1.43. The number of esters is 1. The van der Waals surface area contributed by atoms with Crippen molar-refractivity contribution in [2.24, 2.45) is 0 Å². The third-order valence-electron chi connectivity index (χ3n) is 5.48. The van der Waals surface area contributed by atoms with Crippen molar-refractivity contribution in [3.8, 4) is 23.4 Å². The van der Waals surface area contributed by atoms with Gasteiger partial charge in [-0.3, -0.25) is 0 Å². The van der Waals surface area contributed by atoms with Gasteiger partial charge in [-0.15, -0.1) is 0 Å². The van der Waals surface area contributed by atoms with Gasteiger partial charge in [-0.2, -0.15) is 35.2 Å². The highest BCUT2D eigenvalue weighted by Crippen LogP contribution is 2.37. The van der Waals surface area contributed by atoms with Gasteiger partial charge in [0, 0.05) is 13.1 Å². The molecule has 3 aromatic rings. The molecule has 1 unspecified atom stereocenters. The number of nitrogens with zero attached hydrogens (tertiary/aromatic N) is 3. The van der Waals surface area contributed by atoms with Crippen LogP contribution in [-0.2, 0) is 16.1 Å². The van der Waals surface area contributed by atoms with E-state index in [0.717, 1.165) is 10.5 Å². The molecule has 0 bridgehead atoms. The molecule has 38 heavy (non-hydrogen) atoms. The number of carbonyl (C=O) groups is 1. The van der Waals surface area contributed by atoms with E-state index in [1.165, 1.54) is 37.0 Å². The van der Waals surface area contributed by atoms with Crippen LogP contribution in [0.5, 0.6) is 17.4 Å². The third-order valence-corrected chi connectivity index (χ3v) is 6.12. The highest BCUT2D eigenvalue weighted by Gasteiger charge is 2.32. The summed E-state index contributed by atoms with van der Waals surface area (Å²) in [7, 11) is 1.26. The molecule has 1 atom stereocenters. The molecule has 1 heterocycles. The molecule has 0 saturated heterocycles. The monoisotopic (exact) mass is 545 g/mol. The van der Waals surface area contributed by atoms with Crippen molar-refractivity contribution in [3.05, 3.63) is 77.2 Å². The maximum atomic E-state index is 15.6. The summed E-state index contributed by atoms with van der Waals surface area (Å²) in [5.41, 5.74) is 0.154. The fourth-order valence-electron chi connectivity index (χ4n) is 3.57. The Bertz CT molecular complexity index is 1300. The van der Waals surface area contributed by atoms with Crippen LogP contribution in [0.2, 0.25) is 0 Å². The lowest BCUT2D eigenvalue weighted by molar-refractivity contribution is -0.144. The minimum Gasteiger partial charge on any atom is -0.485 e. The van der Waals surface area contributed by atoms with Gasteiger partial charge in [-0.05, 0) is 43.0 Å². The van der Waals surface area contributed by atoms with Gasteiger partial charge in [0.2, 0.25) is 11.6 Å². The number of nitriles is 1. The Balaban J connectivity index is 2.00. The zero-order chi connectivity index (χ0) is 27.7. The van der Waals surface area contributed by atoms with Crippen LogP contribution in [0.25, 0.3) is 0 Å². The predicted octanol–water partition coefficient (Wildman–Crippen LogP) is 5.86. The number of anilines is 1. The van der Waals surface area contributed by atoms with E-state index >= 15 is 4.39 Å². The number of aromatic nitrogens is 1. The largest absolute Gasteiger partial charge is 0.485 e. The Kier molecular flexibility index (Phi) is 10.2. The minimum atomic E-state index is -1.63. The maximum absolute atomic E-state index is 15.6. The van der Waals surface area contributed by atoms with E-state index in [0.29, 0.717) is 5.75 Å². The lowest BCUT2D eigenvalue weighted by atomic mass is 10.1. The average Bonchev–Trinajstić information content (AvgIpc) is 2.92. The second-order valence-corrected chi connectivity index (χ2v) is 8.98. The Labute approximate surface area is 223 Å². The first-order valence-corrected chi connectivity index (χ1v) is 13.0. The van der Waals surface area contributed by atoms with Crippen LogP contribution >= 0.6 is 11.8 Å². The van der Waals surface area contributed by atoms with Gasteiger partial charge in [0.25, 0.3) is 11.8 Å². The molecule has 7 nitrogen and oxygen atoms in total. The molecule has 11 heteroatoms. The summed E-state index contributed by atoms with van der Waals surface area (Å²) in [6.07, 6.45) is 2.01. The van der Waals surface area contributed by atoms with Crippen LogP contribution in [0.4, 0.5) is 18.9 Å². The number of likely N-dealkylation sites (N-methyl/N-ethyl adjacent to an activating group) is 1. The van der Waals surface area contributed by atoms with E-state index in [1.54, 1.807) is 6.92 Å². The van der Waals surface area contributed by atoms with Crippen LogP contribution < -0.4 is 14.4 Å². The molecule has 3 rings (SSSR count). The van der Waals surface area contributed by atoms with E-state index in [9.17, 15) is 18.8 Å². The van der Waals surface area contributed by atoms with Crippen LogP contribution in [0.15, 0.2) is 48.5 Å². The smallest absolute Gasteiger partial charge is 0.328 e. The number of carbonyl (C=O) groups excluding carboxylic acids is 1. The molecule has 0 saturated carbocycles. The van der Waals surface area contributed by atoms with Crippen LogP contribution in [-0.4, -0.2) is 42.7 Å². The SMILES string of the molecule is CCOC(=O)C(CCSC)N(C)c1c(F)c(F)nc(Oc2cc(C#N)ccc2OCc2ccccc2)c1F. The first-order chi connectivity index (χ1) is 18.3. The predicted molar refractivity (Wildman–Crippen MR) is 138 cm³/mol. The van der Waals surface area contributed by atoms with Crippen molar-refractivity contribution in [2.45, 2.75) is 26.0 Å². The quantitative estimate of drug-likeness (QED) is 0.207. The Hall–Kier alpha value is -3.91. The van der Waals surface area contributed by atoms with Crippen molar-refractivity contribution < 1.29 is 32.2 Å². The number of hydrogen-bond donors (Lipinski definition) is 0. The molecule has 0 aliphatic rings. The van der Waals surface area contributed by atoms with Gasteiger partial charge in [-0.25, -0.2) is 4.79 Å². The molecule has 1 aromatic heterocycles. The van der Waals surface area contributed by atoms with Gasteiger partial charge >= 0.3 is 5.97 Å². The summed E-state index contributed by atoms with van der Waals surface area (Å²) in [6, 6.07) is 14.2. The summed E-state index contributed by atoms with van der Waals surface area (Å²) < 4.78 is 61.5. The molecule has 2 aromatic carbocycles. The number of halogens is 3. The van der Waals surface area contributed by atoms with Crippen molar-refractivity contribution >= 4 is 23.4 Å². The number of hydrogen-bond acceptors (Lipinski definition) is 8. The Morgan fingerprint density at radius 2 is 1.87 bits per heavy atom. The lowest BCUT2D eigenvalue weighted by Crippen LogP contribution is -2.41. The Morgan fingerprint density at radius 1 is 1.13 bits per heavy atom. The van der Waals surface area contributed by atoms with Gasteiger partial charge in [0.05, 0.1) is 18.2 Å². The summed E-state index contributed by atoms with van der Waals surface area (Å²) in [4.78, 5) is 16.8. The molecule has 0 amide bonds. The molecular weight excluding hydrogens is 519 g/mol. The summed E-state index contributed by atoms with van der Waals surface area (Å²) in [6.45, 7) is 1.80. The average molecular weight is 546 g/mol. The molecule has 0 spiro atoms. The maximum Gasteiger partial charge on any atom is 0.328 e. The number of rotatable bonds is 12. The first-order valence-electron chi connectivity index (χ1n) is 11.6. The zero-order valence-corrected chi connectivity index (χ0v) is 21.9. The van der Waals surface area contributed by atoms with Crippen molar-refractivity contribution in [2.75, 3.05) is 30.6 Å². The Morgan fingerprint density at radius 3 is 2.53 bits per heavy atom. The standard InChI is InChI=1S/C27H26F3N3O4S/c1-4-35-27(34)19(12-13-38-3)33(2)24-22(28)25(30)32-26(23(24)29)37-21-14-18(15-31)10-11-20(21)36-16-17-8-6-5-7-9-17/h5-11,14,19H,4,12-13,16H2,1-3H3. The fraction of sp³-hybridized carbons (Fsp3) is 0.296. The summed E-state index contributed by atoms with van der Waals surface area (Å²) in [5, 5.41) is 9.31. The summed E-state index contributed by atoms with van der Waals surface area (Å²) in [5.74, 6) is -5.66. The number of thioether (sulfide) groups is 1. The molecule has 0 N–H and O–H groups in total. The van der Waals surface area contributed by atoms with Crippen molar-refractivity contribution in [3.63, 3.8) is 0 Å². The normalized spacial score (nSPS) is 11.4. The second kappa shape index (κ2) is 13.6. The number of ether oxygens (including phenoxy) is 3. The highest BCUT2D eigenvalue weighted by atomic mass is 32.2. The highest BCUT2D eigenvalue weighted by molar-refractivity contribution is 7.98. The topological polar surface area (TPSA) is 84.7 Å². The first kappa shape index (κ1) is 28.7. The molecular formula is C27H26F3N3O4S. The number of pyridine rings is 1. The van der Waals surface area contributed by atoms with E-state index in [1.807, 2.05) is 42.7 Å². The molecule has 0 aliphatic heterocycles. The van der Waals surface area contributed by atoms with Crippen molar-refractivity contribution in [1.29, 1.82) is 5.26 Å². The lowest BCUT2D eigenvalue weighted by Gasteiger charge is -2.29. The molecule has 0 fully saturated rings. The zero-order valence-electron chi connectivity index (χ0n) is 21.0. The van der Waals surface area contributed by atoms with E-state index in [-0.39, 0.29) is 36.7 Å². The second-order valence-electron chi connectivity index (χ2n) is 7.99. The van der Waals surface area contributed by atoms with Gasteiger partial charge in [0.15, 0.2) is 11.5 Å². The van der Waals surface area contributed by atoms with Gasteiger partial charge in [0.1, 0.15) is 18.3 Å². The molecule has 0 aliphatic carbocycles. The van der Waals surface area contributed by atoms with Gasteiger partial charge < -0.3 is 19.1 Å². The van der Waals surface area contributed by atoms with E-state index in [2.05, 4.69) is 4.98 Å². The van der Waals surface area contributed by atoms with Crippen LogP contribution in [0.3, 0.4) is 0 Å². The van der Waals surface area contributed by atoms with E-state index in [4.69, 9.17) is 14.2 Å². The number of benzene rings is 2.